The maximum absolute atomic E-state index is 13.1. The molecule has 3 rings (SSSR count). The van der Waals surface area contributed by atoms with Crippen LogP contribution in [0.2, 0.25) is 0 Å². The highest BCUT2D eigenvalue weighted by molar-refractivity contribution is 6.04. The molecule has 0 unspecified atom stereocenters. The van der Waals surface area contributed by atoms with Crippen molar-refractivity contribution in [1.29, 1.82) is 0 Å². The SMILES string of the molecule is COc1ccc(OC)c(-n2nnc(C(=O)Nc3cc(NCC(=O)O)cc(C(C)(C)C)c3)c2C)c1. The molecule has 0 saturated heterocycles. The fraction of sp³-hybridized carbons (Fsp3) is 0.333. The quantitative estimate of drug-likeness (QED) is 0.458. The Balaban J connectivity index is 1.93. The minimum Gasteiger partial charge on any atom is -0.497 e. The van der Waals surface area contributed by atoms with Crippen molar-refractivity contribution in [3.05, 3.63) is 53.3 Å². The summed E-state index contributed by atoms with van der Waals surface area (Å²) in [4.78, 5) is 24.1. The fourth-order valence-electron chi connectivity index (χ4n) is 3.33. The van der Waals surface area contributed by atoms with Gasteiger partial charge in [-0.05, 0) is 48.2 Å². The Morgan fingerprint density at radius 3 is 2.38 bits per heavy atom. The van der Waals surface area contributed by atoms with E-state index < -0.39 is 11.9 Å². The number of nitrogens with zero attached hydrogens (tertiary/aromatic N) is 3. The van der Waals surface area contributed by atoms with Gasteiger partial charge < -0.3 is 25.2 Å². The van der Waals surface area contributed by atoms with E-state index in [0.717, 1.165) is 5.56 Å². The Bertz CT molecular complexity index is 1210. The van der Waals surface area contributed by atoms with E-state index in [-0.39, 0.29) is 17.7 Å². The molecule has 0 aliphatic rings. The van der Waals surface area contributed by atoms with E-state index in [1.807, 2.05) is 32.9 Å². The average Bonchev–Trinajstić information content (AvgIpc) is 3.17. The van der Waals surface area contributed by atoms with Gasteiger partial charge in [0.05, 0.1) is 19.9 Å². The second kappa shape index (κ2) is 9.82. The van der Waals surface area contributed by atoms with Crippen LogP contribution in [0.4, 0.5) is 11.4 Å². The molecule has 3 N–H and O–H groups in total. The summed E-state index contributed by atoms with van der Waals surface area (Å²) in [6, 6.07) is 10.7. The largest absolute Gasteiger partial charge is 0.497 e. The van der Waals surface area contributed by atoms with Crippen molar-refractivity contribution < 1.29 is 24.2 Å². The fourth-order valence-corrected chi connectivity index (χ4v) is 3.33. The molecule has 3 aromatic rings. The molecule has 0 fully saturated rings. The Hall–Kier alpha value is -4.08. The monoisotopic (exact) mass is 467 g/mol. The molecule has 10 heteroatoms. The van der Waals surface area contributed by atoms with Crippen LogP contribution < -0.4 is 20.1 Å². The molecule has 1 amide bonds. The predicted octanol–water partition coefficient (Wildman–Crippen LogP) is 3.64. The lowest BCUT2D eigenvalue weighted by atomic mass is 9.86. The minimum atomic E-state index is -0.980. The Morgan fingerprint density at radius 1 is 1.06 bits per heavy atom. The number of hydrogen-bond acceptors (Lipinski definition) is 7. The van der Waals surface area contributed by atoms with Gasteiger partial charge in [0.1, 0.15) is 23.7 Å². The summed E-state index contributed by atoms with van der Waals surface area (Å²) >= 11 is 0. The van der Waals surface area contributed by atoms with Gasteiger partial charge in [-0.3, -0.25) is 9.59 Å². The number of carboxylic acids is 1. The maximum atomic E-state index is 13.1. The van der Waals surface area contributed by atoms with Crippen LogP contribution in [0.15, 0.2) is 36.4 Å². The van der Waals surface area contributed by atoms with E-state index in [4.69, 9.17) is 14.6 Å². The smallest absolute Gasteiger partial charge is 0.322 e. The van der Waals surface area contributed by atoms with E-state index in [1.165, 1.54) is 4.68 Å². The van der Waals surface area contributed by atoms with E-state index in [2.05, 4.69) is 20.9 Å². The van der Waals surface area contributed by atoms with E-state index in [9.17, 15) is 9.59 Å². The molecule has 180 valence electrons. The van der Waals surface area contributed by atoms with E-state index in [1.54, 1.807) is 45.4 Å². The molecular weight excluding hydrogens is 438 g/mol. The number of rotatable bonds is 8. The molecule has 1 aromatic heterocycles. The van der Waals surface area contributed by atoms with Crippen LogP contribution in [0.3, 0.4) is 0 Å². The predicted molar refractivity (Wildman–Crippen MR) is 128 cm³/mol. The number of nitrogens with one attached hydrogen (secondary N) is 2. The van der Waals surface area contributed by atoms with Gasteiger partial charge in [-0.2, -0.15) is 0 Å². The van der Waals surface area contributed by atoms with Gasteiger partial charge in [-0.1, -0.05) is 26.0 Å². The highest BCUT2D eigenvalue weighted by atomic mass is 16.5. The maximum Gasteiger partial charge on any atom is 0.322 e. The molecule has 0 bridgehead atoms. The van der Waals surface area contributed by atoms with Gasteiger partial charge in [0.15, 0.2) is 5.69 Å². The Kier molecular flexibility index (Phi) is 7.09. The van der Waals surface area contributed by atoms with Crippen molar-refractivity contribution in [2.24, 2.45) is 0 Å². The van der Waals surface area contributed by atoms with Crippen LogP contribution in [-0.2, 0) is 10.2 Å². The molecule has 10 nitrogen and oxygen atoms in total. The molecule has 2 aromatic carbocycles. The zero-order valence-electron chi connectivity index (χ0n) is 20.1. The van der Waals surface area contributed by atoms with Crippen molar-refractivity contribution >= 4 is 23.3 Å². The van der Waals surface area contributed by atoms with Crippen molar-refractivity contribution in [2.75, 3.05) is 31.4 Å². The topological polar surface area (TPSA) is 128 Å². The zero-order valence-corrected chi connectivity index (χ0v) is 20.1. The molecule has 1 heterocycles. The molecule has 0 saturated carbocycles. The van der Waals surface area contributed by atoms with Crippen molar-refractivity contribution in [3.8, 4) is 17.2 Å². The summed E-state index contributed by atoms with van der Waals surface area (Å²) in [6.45, 7) is 7.60. The van der Waals surface area contributed by atoms with Gasteiger partial charge in [0.25, 0.3) is 5.91 Å². The zero-order chi connectivity index (χ0) is 25.0. The van der Waals surface area contributed by atoms with Gasteiger partial charge >= 0.3 is 5.97 Å². The summed E-state index contributed by atoms with van der Waals surface area (Å²) in [5.74, 6) is -0.266. The third kappa shape index (κ3) is 5.45. The van der Waals surface area contributed by atoms with Crippen molar-refractivity contribution in [1.82, 2.24) is 15.0 Å². The molecule has 0 atom stereocenters. The lowest BCUT2D eigenvalue weighted by Crippen LogP contribution is -2.18. The Labute approximate surface area is 197 Å². The molecule has 0 radical (unpaired) electrons. The van der Waals surface area contributed by atoms with Gasteiger partial charge in [-0.25, -0.2) is 4.68 Å². The Morgan fingerprint density at radius 2 is 1.76 bits per heavy atom. The summed E-state index contributed by atoms with van der Waals surface area (Å²) in [7, 11) is 3.10. The average molecular weight is 468 g/mol. The first-order chi connectivity index (χ1) is 16.0. The van der Waals surface area contributed by atoms with Crippen molar-refractivity contribution in [2.45, 2.75) is 33.1 Å². The van der Waals surface area contributed by atoms with Gasteiger partial charge in [-0.15, -0.1) is 5.10 Å². The third-order valence-electron chi connectivity index (χ3n) is 5.22. The van der Waals surface area contributed by atoms with Gasteiger partial charge in [0.2, 0.25) is 0 Å². The number of aliphatic carboxylic acids is 1. The molecule has 0 aliphatic heterocycles. The van der Waals surface area contributed by atoms with Crippen LogP contribution in [0.1, 0.15) is 42.5 Å². The van der Waals surface area contributed by atoms with Crippen LogP contribution in [0, 0.1) is 6.92 Å². The second-order valence-electron chi connectivity index (χ2n) is 8.72. The highest BCUT2D eigenvalue weighted by Crippen LogP contribution is 2.30. The summed E-state index contributed by atoms with van der Waals surface area (Å²) in [5, 5.41) is 22.9. The van der Waals surface area contributed by atoms with Crippen LogP contribution in [-0.4, -0.2) is 52.7 Å². The molecule has 0 spiro atoms. The van der Waals surface area contributed by atoms with Crippen LogP contribution >= 0.6 is 0 Å². The lowest BCUT2D eigenvalue weighted by Gasteiger charge is -2.21. The molecular formula is C24H29N5O5. The second-order valence-corrected chi connectivity index (χ2v) is 8.72. The van der Waals surface area contributed by atoms with E-state index >= 15 is 0 Å². The number of ether oxygens (including phenoxy) is 2. The van der Waals surface area contributed by atoms with Crippen molar-refractivity contribution in [3.63, 3.8) is 0 Å². The highest BCUT2D eigenvalue weighted by Gasteiger charge is 2.21. The van der Waals surface area contributed by atoms with E-state index in [0.29, 0.717) is 34.3 Å². The molecule has 34 heavy (non-hydrogen) atoms. The minimum absolute atomic E-state index is 0.145. The third-order valence-corrected chi connectivity index (χ3v) is 5.22. The first-order valence-corrected chi connectivity index (χ1v) is 10.6. The van der Waals surface area contributed by atoms with Gasteiger partial charge in [0, 0.05) is 17.4 Å². The number of carbonyl (C=O) groups is 2. The number of carbonyl (C=O) groups excluding carboxylic acids is 1. The summed E-state index contributed by atoms with van der Waals surface area (Å²) in [6.07, 6.45) is 0. The molecule has 0 aliphatic carbocycles. The van der Waals surface area contributed by atoms with Crippen LogP contribution in [0.5, 0.6) is 11.5 Å². The first-order valence-electron chi connectivity index (χ1n) is 10.6. The summed E-state index contributed by atoms with van der Waals surface area (Å²) in [5.41, 5.74) is 3.05. The number of methoxy groups -OCH3 is 2. The number of hydrogen-bond donors (Lipinski definition) is 3. The number of aromatic nitrogens is 3. The normalized spacial score (nSPS) is 11.1. The summed E-state index contributed by atoms with van der Waals surface area (Å²) < 4.78 is 12.2. The first kappa shape index (κ1) is 24.6. The lowest BCUT2D eigenvalue weighted by molar-refractivity contribution is -0.134. The number of benzene rings is 2. The standard InChI is InChI=1S/C24H29N5O5/c1-14-22(27-28-29(14)19-12-18(33-5)7-8-20(19)34-6)23(32)26-17-10-15(24(2,3)4)9-16(11-17)25-13-21(30)31/h7-12,25H,13H2,1-6H3,(H,26,32)(H,30,31). The number of carboxylic acid groups (broad SMARTS) is 1. The number of amides is 1. The van der Waals surface area contributed by atoms with Crippen LogP contribution in [0.25, 0.3) is 5.69 Å². The number of anilines is 2.